The van der Waals surface area contributed by atoms with Crippen LogP contribution in [0.15, 0.2) is 48.5 Å². The Bertz CT molecular complexity index is 642. The highest BCUT2D eigenvalue weighted by molar-refractivity contribution is 5.97. The van der Waals surface area contributed by atoms with Crippen LogP contribution in [0, 0.1) is 5.82 Å². The lowest BCUT2D eigenvalue weighted by Crippen LogP contribution is -2.39. The number of hydrogen-bond acceptors (Lipinski definition) is 2. The summed E-state index contributed by atoms with van der Waals surface area (Å²) in [4.78, 5) is 12.1. The van der Waals surface area contributed by atoms with E-state index in [1.807, 2.05) is 30.3 Å². The standard InChI is InChI=1S/C16H15FN2O/c17-12-7-6-11-8-13(10-4-2-1-3-5-10)15(18)16(20)19-14(11)9-12/h1-7,9,13,15H,8,18H2,(H,19,20)/t13-,15+/m1/s1. The topological polar surface area (TPSA) is 55.1 Å². The first-order chi connectivity index (χ1) is 9.65. The molecule has 1 aliphatic heterocycles. The van der Waals surface area contributed by atoms with Gasteiger partial charge in [0.2, 0.25) is 5.91 Å². The summed E-state index contributed by atoms with van der Waals surface area (Å²) in [5.74, 6) is -0.748. The first-order valence-corrected chi connectivity index (χ1v) is 6.55. The van der Waals surface area contributed by atoms with Crippen LogP contribution in [0.25, 0.3) is 0 Å². The Morgan fingerprint density at radius 1 is 1.15 bits per heavy atom. The molecule has 0 aliphatic carbocycles. The molecule has 3 nitrogen and oxygen atoms in total. The Morgan fingerprint density at radius 2 is 1.90 bits per heavy atom. The van der Waals surface area contributed by atoms with Crippen molar-refractivity contribution in [1.82, 2.24) is 0 Å². The molecule has 1 amide bonds. The molecule has 2 aromatic rings. The number of fused-ring (bicyclic) bond motifs is 1. The number of carbonyl (C=O) groups excluding carboxylic acids is 1. The van der Waals surface area contributed by atoms with Gasteiger partial charge in [-0.2, -0.15) is 0 Å². The quantitative estimate of drug-likeness (QED) is 0.836. The van der Waals surface area contributed by atoms with Gasteiger partial charge in [0.25, 0.3) is 0 Å². The molecule has 0 fully saturated rings. The Morgan fingerprint density at radius 3 is 2.65 bits per heavy atom. The number of anilines is 1. The average molecular weight is 270 g/mol. The highest BCUT2D eigenvalue weighted by Crippen LogP contribution is 2.31. The molecule has 1 heterocycles. The summed E-state index contributed by atoms with van der Waals surface area (Å²) < 4.78 is 13.3. The van der Waals surface area contributed by atoms with E-state index in [9.17, 15) is 9.18 Å². The third kappa shape index (κ3) is 2.30. The van der Waals surface area contributed by atoms with Crippen LogP contribution < -0.4 is 11.1 Å². The van der Waals surface area contributed by atoms with Crippen LogP contribution in [-0.2, 0) is 11.2 Å². The molecular weight excluding hydrogens is 255 g/mol. The molecule has 0 saturated carbocycles. The number of benzene rings is 2. The molecule has 0 unspecified atom stereocenters. The van der Waals surface area contributed by atoms with Gasteiger partial charge in [0, 0.05) is 11.6 Å². The van der Waals surface area contributed by atoms with E-state index in [1.165, 1.54) is 12.1 Å². The zero-order valence-electron chi connectivity index (χ0n) is 10.8. The lowest BCUT2D eigenvalue weighted by Gasteiger charge is -2.20. The molecule has 102 valence electrons. The van der Waals surface area contributed by atoms with Crippen molar-refractivity contribution in [3.63, 3.8) is 0 Å². The second-order valence-electron chi connectivity index (χ2n) is 5.04. The molecule has 4 heteroatoms. The van der Waals surface area contributed by atoms with Gasteiger partial charge in [0.05, 0.1) is 6.04 Å². The van der Waals surface area contributed by atoms with Gasteiger partial charge in [-0.3, -0.25) is 4.79 Å². The highest BCUT2D eigenvalue weighted by Gasteiger charge is 2.30. The Balaban J connectivity index is 2.04. The van der Waals surface area contributed by atoms with Crippen LogP contribution in [-0.4, -0.2) is 11.9 Å². The molecule has 1 aliphatic rings. The van der Waals surface area contributed by atoms with Crippen molar-refractivity contribution in [2.24, 2.45) is 5.73 Å². The molecule has 0 spiro atoms. The summed E-state index contributed by atoms with van der Waals surface area (Å²) in [6.45, 7) is 0. The summed E-state index contributed by atoms with van der Waals surface area (Å²) in [5.41, 5.74) is 8.51. The minimum atomic E-state index is -0.645. The third-order valence-corrected chi connectivity index (χ3v) is 3.73. The van der Waals surface area contributed by atoms with E-state index in [0.717, 1.165) is 11.1 Å². The predicted molar refractivity (Wildman–Crippen MR) is 75.9 cm³/mol. The molecule has 3 N–H and O–H groups in total. The maximum Gasteiger partial charge on any atom is 0.241 e. The number of rotatable bonds is 1. The Kier molecular flexibility index (Phi) is 3.24. The summed E-state index contributed by atoms with van der Waals surface area (Å²) in [6.07, 6.45) is 0.611. The monoisotopic (exact) mass is 270 g/mol. The van der Waals surface area contributed by atoms with Crippen molar-refractivity contribution in [2.75, 3.05) is 5.32 Å². The SMILES string of the molecule is N[C@@H]1C(=O)Nc2cc(F)ccc2C[C@@H]1c1ccccc1. The summed E-state index contributed by atoms with van der Waals surface area (Å²) in [7, 11) is 0. The van der Waals surface area contributed by atoms with Gasteiger partial charge in [-0.1, -0.05) is 36.4 Å². The molecule has 2 aromatic carbocycles. The second kappa shape index (κ2) is 5.06. The maximum atomic E-state index is 13.3. The summed E-state index contributed by atoms with van der Waals surface area (Å²) in [6, 6.07) is 13.5. The molecule has 3 rings (SSSR count). The Labute approximate surface area is 116 Å². The van der Waals surface area contributed by atoms with E-state index in [2.05, 4.69) is 5.32 Å². The highest BCUT2D eigenvalue weighted by atomic mass is 19.1. The fraction of sp³-hybridized carbons (Fsp3) is 0.188. The van der Waals surface area contributed by atoms with Crippen molar-refractivity contribution in [1.29, 1.82) is 0 Å². The largest absolute Gasteiger partial charge is 0.324 e. The number of halogens is 1. The van der Waals surface area contributed by atoms with Crippen molar-refractivity contribution < 1.29 is 9.18 Å². The van der Waals surface area contributed by atoms with Gasteiger partial charge in [-0.25, -0.2) is 4.39 Å². The normalized spacial score (nSPS) is 21.8. The lowest BCUT2D eigenvalue weighted by molar-refractivity contribution is -0.117. The van der Waals surface area contributed by atoms with Crippen LogP contribution in [0.1, 0.15) is 17.0 Å². The Hall–Kier alpha value is -2.20. The third-order valence-electron chi connectivity index (χ3n) is 3.73. The summed E-state index contributed by atoms with van der Waals surface area (Å²) in [5, 5.41) is 2.71. The van der Waals surface area contributed by atoms with Crippen LogP contribution in [0.5, 0.6) is 0 Å². The predicted octanol–water partition coefficient (Wildman–Crippen LogP) is 2.43. The van der Waals surface area contributed by atoms with Gasteiger partial charge in [0.1, 0.15) is 5.82 Å². The first kappa shape index (κ1) is 12.8. The number of carbonyl (C=O) groups is 1. The van der Waals surface area contributed by atoms with E-state index in [4.69, 9.17) is 5.73 Å². The molecule has 0 saturated heterocycles. The number of hydrogen-bond donors (Lipinski definition) is 2. The van der Waals surface area contributed by atoms with Gasteiger partial charge < -0.3 is 11.1 Å². The first-order valence-electron chi connectivity index (χ1n) is 6.55. The minimum absolute atomic E-state index is 0.108. The fourth-order valence-electron chi connectivity index (χ4n) is 2.63. The zero-order valence-corrected chi connectivity index (χ0v) is 10.8. The molecular formula is C16H15FN2O. The van der Waals surface area contributed by atoms with E-state index in [-0.39, 0.29) is 17.6 Å². The van der Waals surface area contributed by atoms with Crippen molar-refractivity contribution in [3.05, 3.63) is 65.5 Å². The average Bonchev–Trinajstić information content (AvgIpc) is 2.57. The van der Waals surface area contributed by atoms with Crippen LogP contribution in [0.3, 0.4) is 0 Å². The molecule has 0 radical (unpaired) electrons. The van der Waals surface area contributed by atoms with Gasteiger partial charge in [-0.05, 0) is 29.7 Å². The van der Waals surface area contributed by atoms with Gasteiger partial charge >= 0.3 is 0 Å². The number of nitrogens with one attached hydrogen (secondary N) is 1. The smallest absolute Gasteiger partial charge is 0.241 e. The van der Waals surface area contributed by atoms with Crippen LogP contribution in [0.2, 0.25) is 0 Å². The lowest BCUT2D eigenvalue weighted by atomic mass is 9.87. The molecule has 2 atom stereocenters. The maximum absolute atomic E-state index is 13.3. The van der Waals surface area contributed by atoms with Crippen molar-refractivity contribution >= 4 is 11.6 Å². The summed E-state index contributed by atoms with van der Waals surface area (Å²) >= 11 is 0. The number of amides is 1. The van der Waals surface area contributed by atoms with E-state index >= 15 is 0 Å². The van der Waals surface area contributed by atoms with Gasteiger partial charge in [-0.15, -0.1) is 0 Å². The zero-order chi connectivity index (χ0) is 14.1. The second-order valence-corrected chi connectivity index (χ2v) is 5.04. The van der Waals surface area contributed by atoms with Crippen LogP contribution in [0.4, 0.5) is 10.1 Å². The van der Waals surface area contributed by atoms with E-state index in [0.29, 0.717) is 12.1 Å². The molecule has 20 heavy (non-hydrogen) atoms. The van der Waals surface area contributed by atoms with Crippen molar-refractivity contribution in [3.8, 4) is 0 Å². The van der Waals surface area contributed by atoms with E-state index < -0.39 is 6.04 Å². The van der Waals surface area contributed by atoms with E-state index in [1.54, 1.807) is 6.07 Å². The number of nitrogens with two attached hydrogens (primary N) is 1. The molecule has 0 aromatic heterocycles. The minimum Gasteiger partial charge on any atom is -0.324 e. The van der Waals surface area contributed by atoms with Gasteiger partial charge in [0.15, 0.2) is 0 Å². The van der Waals surface area contributed by atoms with Crippen molar-refractivity contribution in [2.45, 2.75) is 18.4 Å². The molecule has 0 bridgehead atoms. The van der Waals surface area contributed by atoms with Crippen LogP contribution >= 0.6 is 0 Å². The fourth-order valence-corrected chi connectivity index (χ4v) is 2.63.